The molecule has 8 heteroatoms. The summed E-state index contributed by atoms with van der Waals surface area (Å²) in [7, 11) is 3.05. The van der Waals surface area contributed by atoms with Gasteiger partial charge < -0.3 is 20.1 Å². The number of phenolic OH excluding ortho intramolecular Hbond substituents is 1. The van der Waals surface area contributed by atoms with Gasteiger partial charge in [0.05, 0.1) is 17.9 Å². The Morgan fingerprint density at radius 2 is 1.96 bits per heavy atom. The van der Waals surface area contributed by atoms with Crippen LogP contribution in [0.15, 0.2) is 21.7 Å². The number of carbonyl (C=O) groups excluding carboxylic acids is 1. The number of carbonyl (C=O) groups is 1. The minimum atomic E-state index is -0.756. The molecule has 2 N–H and O–H groups in total. The molecule has 0 bridgehead atoms. The van der Waals surface area contributed by atoms with E-state index in [1.54, 1.807) is 6.92 Å². The highest BCUT2D eigenvalue weighted by Crippen LogP contribution is 2.35. The smallest absolute Gasteiger partial charge is 0.272 e. The predicted octanol–water partition coefficient (Wildman–Crippen LogP) is 1.49. The van der Waals surface area contributed by atoms with Crippen molar-refractivity contribution in [2.75, 3.05) is 26.0 Å². The normalized spacial score (nSPS) is 10.6. The number of amides is 1. The zero-order valence-corrected chi connectivity index (χ0v) is 13.5. The molecular formula is C15H15ClN2O5. The molecule has 0 saturated carbocycles. The lowest BCUT2D eigenvalue weighted by molar-refractivity contribution is 0.0824. The zero-order chi connectivity index (χ0) is 17.3. The lowest BCUT2D eigenvalue weighted by Crippen LogP contribution is -2.35. The third-order valence-electron chi connectivity index (χ3n) is 3.13. The molecule has 0 fully saturated rings. The molecule has 0 aliphatic carbocycles. The Morgan fingerprint density at radius 1 is 1.30 bits per heavy atom. The van der Waals surface area contributed by atoms with Gasteiger partial charge in [-0.1, -0.05) is 11.6 Å². The van der Waals surface area contributed by atoms with E-state index in [1.165, 1.54) is 31.1 Å². The number of hydrogen-bond acceptors (Lipinski definition) is 6. The Kier molecular flexibility index (Phi) is 4.60. The minimum absolute atomic E-state index is 0.0262. The van der Waals surface area contributed by atoms with E-state index in [1.807, 2.05) is 0 Å². The van der Waals surface area contributed by atoms with Gasteiger partial charge in [-0.25, -0.2) is 0 Å². The summed E-state index contributed by atoms with van der Waals surface area (Å²) in [6.45, 7) is 1.89. The average molecular weight is 339 g/mol. The second kappa shape index (κ2) is 6.29. The van der Waals surface area contributed by atoms with Crippen LogP contribution in [-0.2, 0) is 0 Å². The van der Waals surface area contributed by atoms with Crippen LogP contribution in [0.5, 0.6) is 11.5 Å². The van der Waals surface area contributed by atoms with Crippen LogP contribution >= 0.6 is 11.6 Å². The Labute approximate surface area is 136 Å². The second-order valence-corrected chi connectivity index (χ2v) is 5.41. The largest absolute Gasteiger partial charge is 0.505 e. The molecule has 122 valence electrons. The Morgan fingerprint density at radius 3 is 2.52 bits per heavy atom. The third kappa shape index (κ3) is 3.00. The maximum Gasteiger partial charge on any atom is 0.272 e. The lowest BCUT2D eigenvalue weighted by atomic mass is 10.1. The number of anilines is 2. The molecule has 0 aliphatic heterocycles. The summed E-state index contributed by atoms with van der Waals surface area (Å²) in [6, 6.07) is 2.66. The number of nitrogens with one attached hydrogen (secondary N) is 1. The van der Waals surface area contributed by atoms with Crippen LogP contribution in [0.2, 0.25) is 5.02 Å². The number of rotatable bonds is 5. The number of halogens is 1. The van der Waals surface area contributed by atoms with Gasteiger partial charge in [-0.15, -0.1) is 0 Å². The molecular weight excluding hydrogens is 324 g/mol. The summed E-state index contributed by atoms with van der Waals surface area (Å²) in [5.41, 5.74) is -1.55. The quantitative estimate of drug-likeness (QED) is 0.633. The van der Waals surface area contributed by atoms with Crippen LogP contribution in [0.4, 0.5) is 11.4 Å². The second-order valence-electron chi connectivity index (χ2n) is 4.97. The van der Waals surface area contributed by atoms with Crippen molar-refractivity contribution in [3.05, 3.63) is 43.2 Å². The molecule has 0 aliphatic rings. The molecule has 0 saturated heterocycles. The first kappa shape index (κ1) is 16.8. The Hall–Kier alpha value is -2.54. The number of phenols is 1. The van der Waals surface area contributed by atoms with Crippen molar-refractivity contribution in [1.82, 2.24) is 4.90 Å². The first-order chi connectivity index (χ1) is 10.8. The molecule has 2 aromatic rings. The molecule has 0 radical (unpaired) electrons. The summed E-state index contributed by atoms with van der Waals surface area (Å²) in [6.07, 6.45) is 0. The highest BCUT2D eigenvalue weighted by molar-refractivity contribution is 6.31. The van der Waals surface area contributed by atoms with Gasteiger partial charge in [0, 0.05) is 19.1 Å². The van der Waals surface area contributed by atoms with Crippen molar-refractivity contribution in [2.45, 2.75) is 6.92 Å². The number of aromatic hydroxyl groups is 1. The molecule has 23 heavy (non-hydrogen) atoms. The summed E-state index contributed by atoms with van der Waals surface area (Å²) in [5, 5.41) is 13.0. The predicted molar refractivity (Wildman–Crippen MR) is 86.9 cm³/mol. The minimum Gasteiger partial charge on any atom is -0.505 e. The van der Waals surface area contributed by atoms with Gasteiger partial charge in [-0.3, -0.25) is 14.4 Å². The molecule has 2 aromatic carbocycles. The molecule has 0 unspecified atom stereocenters. The summed E-state index contributed by atoms with van der Waals surface area (Å²) >= 11 is 5.96. The molecule has 0 aromatic heterocycles. The van der Waals surface area contributed by atoms with Gasteiger partial charge >= 0.3 is 0 Å². The summed E-state index contributed by atoms with van der Waals surface area (Å²) in [4.78, 5) is 36.4. The fourth-order valence-corrected chi connectivity index (χ4v) is 2.22. The van der Waals surface area contributed by atoms with Crippen molar-refractivity contribution in [3.8, 4) is 11.5 Å². The highest BCUT2D eigenvalue weighted by atomic mass is 35.5. The first-order valence-electron chi connectivity index (χ1n) is 6.75. The van der Waals surface area contributed by atoms with E-state index < -0.39 is 16.8 Å². The number of benzene rings is 1. The third-order valence-corrected chi connectivity index (χ3v) is 3.34. The standard InChI is InChI=1S/C15H15ClN2O5/c1-4-23-14-10(12(20)13(14)21)17-9-6-7(16)5-8(11(9)19)15(22)18(2)3/h5-6,17,19H,4H2,1-3H3. The first-order valence-corrected chi connectivity index (χ1v) is 7.13. The lowest BCUT2D eigenvalue weighted by Gasteiger charge is -2.17. The van der Waals surface area contributed by atoms with E-state index in [2.05, 4.69) is 5.32 Å². The van der Waals surface area contributed by atoms with Crippen LogP contribution in [0.3, 0.4) is 0 Å². The van der Waals surface area contributed by atoms with Gasteiger partial charge in [0.15, 0.2) is 11.5 Å². The Balaban J connectivity index is 2.46. The maximum atomic E-state index is 12.0. The van der Waals surface area contributed by atoms with Gasteiger partial charge in [0.1, 0.15) is 5.69 Å². The molecule has 7 nitrogen and oxygen atoms in total. The van der Waals surface area contributed by atoms with Crippen molar-refractivity contribution in [1.29, 1.82) is 0 Å². The molecule has 0 heterocycles. The fourth-order valence-electron chi connectivity index (χ4n) is 2.00. The van der Waals surface area contributed by atoms with E-state index in [-0.39, 0.29) is 40.1 Å². The maximum absolute atomic E-state index is 12.0. The van der Waals surface area contributed by atoms with Crippen molar-refractivity contribution >= 4 is 28.9 Å². The molecule has 0 atom stereocenters. The van der Waals surface area contributed by atoms with Crippen LogP contribution in [-0.4, -0.2) is 36.6 Å². The van der Waals surface area contributed by atoms with Crippen LogP contribution in [0, 0.1) is 0 Å². The molecule has 2 rings (SSSR count). The van der Waals surface area contributed by atoms with E-state index in [4.69, 9.17) is 16.3 Å². The number of hydrogen-bond donors (Lipinski definition) is 2. The van der Waals surface area contributed by atoms with E-state index in [0.29, 0.717) is 0 Å². The van der Waals surface area contributed by atoms with Crippen molar-refractivity contribution in [2.24, 2.45) is 0 Å². The Bertz CT molecular complexity index is 837. The number of nitrogens with zero attached hydrogens (tertiary/aromatic N) is 1. The van der Waals surface area contributed by atoms with Gasteiger partial charge in [0.2, 0.25) is 0 Å². The number of ether oxygens (including phenoxy) is 1. The van der Waals surface area contributed by atoms with E-state index >= 15 is 0 Å². The zero-order valence-electron chi connectivity index (χ0n) is 12.8. The fraction of sp³-hybridized carbons (Fsp3) is 0.267. The summed E-state index contributed by atoms with van der Waals surface area (Å²) in [5.74, 6) is -0.927. The topological polar surface area (TPSA) is 95.9 Å². The SMILES string of the molecule is CCOc1c(Nc2cc(Cl)cc(C(=O)N(C)C)c2O)c(=O)c1=O. The monoisotopic (exact) mass is 338 g/mol. The van der Waals surface area contributed by atoms with E-state index in [0.717, 1.165) is 0 Å². The van der Waals surface area contributed by atoms with Crippen LogP contribution in [0.25, 0.3) is 0 Å². The van der Waals surface area contributed by atoms with Crippen molar-refractivity contribution in [3.63, 3.8) is 0 Å². The van der Waals surface area contributed by atoms with Crippen LogP contribution in [0.1, 0.15) is 17.3 Å². The van der Waals surface area contributed by atoms with Crippen molar-refractivity contribution < 1.29 is 14.6 Å². The van der Waals surface area contributed by atoms with Crippen LogP contribution < -0.4 is 20.9 Å². The van der Waals surface area contributed by atoms with Gasteiger partial charge in [0.25, 0.3) is 16.8 Å². The average Bonchev–Trinajstić information content (AvgIpc) is 2.52. The summed E-state index contributed by atoms with van der Waals surface area (Å²) < 4.78 is 5.09. The molecule has 1 amide bonds. The van der Waals surface area contributed by atoms with Gasteiger partial charge in [-0.05, 0) is 19.1 Å². The van der Waals surface area contributed by atoms with Gasteiger partial charge in [-0.2, -0.15) is 0 Å². The molecule has 0 spiro atoms. The highest BCUT2D eigenvalue weighted by Gasteiger charge is 2.25. The van der Waals surface area contributed by atoms with E-state index in [9.17, 15) is 19.5 Å².